The molecule has 0 saturated carbocycles. The standard InChI is InChI=1S/C21H19BF2I2N2O2/c1-10-17(25)12(3)27-19(10)16(14-6-8-15(9-7-14)21(29)30-5)20-11(2)18(26)13(4)28(20)22(27,23)24/h6-9H,1-5H3. The highest BCUT2D eigenvalue weighted by molar-refractivity contribution is 14.1. The van der Waals surface area contributed by atoms with E-state index in [-0.39, 0.29) is 0 Å². The molecule has 156 valence electrons. The second-order valence-electron chi connectivity index (χ2n) is 7.52. The zero-order valence-corrected chi connectivity index (χ0v) is 21.4. The minimum Gasteiger partial charge on any atom is -0.465 e. The summed E-state index contributed by atoms with van der Waals surface area (Å²) in [5, 5.41) is 0. The molecular weight excluding hydrogens is 615 g/mol. The fourth-order valence-corrected chi connectivity index (χ4v) is 5.47. The molecule has 9 heteroatoms. The number of methoxy groups -OCH3 is 1. The lowest BCUT2D eigenvalue weighted by atomic mass is 9.83. The van der Waals surface area contributed by atoms with Crippen molar-refractivity contribution in [2.75, 3.05) is 7.11 Å². The molecule has 1 aromatic carbocycles. The molecule has 1 aromatic heterocycles. The smallest absolute Gasteiger partial charge is 0.465 e. The fourth-order valence-electron chi connectivity index (χ4n) is 4.44. The van der Waals surface area contributed by atoms with Crippen LogP contribution in [-0.2, 0) is 4.74 Å². The van der Waals surface area contributed by atoms with E-state index in [1.165, 1.54) is 16.1 Å². The van der Waals surface area contributed by atoms with Crippen molar-refractivity contribution in [2.24, 2.45) is 0 Å². The van der Waals surface area contributed by atoms with Crippen molar-refractivity contribution in [3.05, 3.63) is 70.8 Å². The van der Waals surface area contributed by atoms with Gasteiger partial charge in [0, 0.05) is 21.8 Å². The summed E-state index contributed by atoms with van der Waals surface area (Å²) in [5.41, 5.74) is 5.82. The summed E-state index contributed by atoms with van der Waals surface area (Å²) in [6, 6.07) is 6.95. The number of allylic oxidation sites excluding steroid dienone is 2. The van der Waals surface area contributed by atoms with Gasteiger partial charge in [0.25, 0.3) is 0 Å². The lowest BCUT2D eigenvalue weighted by Crippen LogP contribution is -2.51. The van der Waals surface area contributed by atoms with Gasteiger partial charge < -0.3 is 22.3 Å². The molecule has 0 N–H and O–H groups in total. The van der Waals surface area contributed by atoms with Crippen molar-refractivity contribution in [3.63, 3.8) is 0 Å². The summed E-state index contributed by atoms with van der Waals surface area (Å²) in [4.78, 5) is 11.9. The summed E-state index contributed by atoms with van der Waals surface area (Å²) >= 11 is 4.29. The van der Waals surface area contributed by atoms with Gasteiger partial charge in [-0.25, -0.2) is 4.79 Å². The number of ether oxygens (including phenoxy) is 1. The van der Waals surface area contributed by atoms with E-state index >= 15 is 8.63 Å². The van der Waals surface area contributed by atoms with Crippen LogP contribution in [0.2, 0.25) is 0 Å². The van der Waals surface area contributed by atoms with E-state index in [0.717, 1.165) is 29.4 Å². The van der Waals surface area contributed by atoms with Crippen molar-refractivity contribution in [3.8, 4) is 0 Å². The van der Waals surface area contributed by atoms with Gasteiger partial charge in [0.15, 0.2) is 5.70 Å². The fraction of sp³-hybridized carbons (Fsp3) is 0.238. The molecule has 4 rings (SSSR count). The first kappa shape index (κ1) is 21.7. The zero-order chi connectivity index (χ0) is 22.1. The van der Waals surface area contributed by atoms with Gasteiger partial charge >= 0.3 is 12.9 Å². The second kappa shape index (κ2) is 7.28. The maximum absolute atomic E-state index is 15.9. The van der Waals surface area contributed by atoms with Crippen LogP contribution < -0.4 is 0 Å². The summed E-state index contributed by atoms with van der Waals surface area (Å²) in [5.74, 6) is -0.431. The van der Waals surface area contributed by atoms with Crippen molar-refractivity contribution in [1.82, 2.24) is 4.48 Å². The Labute approximate surface area is 201 Å². The topological polar surface area (TPSA) is 34.2 Å². The van der Waals surface area contributed by atoms with Crippen molar-refractivity contribution in [1.29, 1.82) is 0 Å². The molecule has 2 aliphatic heterocycles. The Bertz CT molecular complexity index is 1220. The van der Waals surface area contributed by atoms with Crippen LogP contribution >= 0.6 is 45.2 Å². The van der Waals surface area contributed by atoms with E-state index in [1.807, 2.05) is 13.8 Å². The Hall–Kier alpha value is -1.50. The van der Waals surface area contributed by atoms with Gasteiger partial charge in [0.05, 0.1) is 21.8 Å². The molecule has 0 aliphatic carbocycles. The molecule has 0 bridgehead atoms. The number of nitrogens with zero attached hydrogens (tertiary/aromatic N) is 2. The third kappa shape index (κ3) is 2.80. The highest BCUT2D eigenvalue weighted by Crippen LogP contribution is 2.47. The van der Waals surface area contributed by atoms with Crippen LogP contribution in [0.4, 0.5) is 8.63 Å². The van der Waals surface area contributed by atoms with Gasteiger partial charge in [0.1, 0.15) is 5.71 Å². The van der Waals surface area contributed by atoms with E-state index in [4.69, 9.17) is 4.74 Å². The van der Waals surface area contributed by atoms with E-state index in [1.54, 1.807) is 38.1 Å². The highest BCUT2D eigenvalue weighted by atomic mass is 127. The minimum absolute atomic E-state index is 0.419. The number of carbonyl (C=O) groups excluding carboxylic acids is 1. The SMILES string of the molecule is COC(=O)c1ccc(C2=C3C(C)=C(I)C(C)=[N+]3[B-](F)(F)n3c(C)c(I)c(C)c32)cc1. The quantitative estimate of drug-likeness (QED) is 0.242. The molecule has 0 spiro atoms. The predicted molar refractivity (Wildman–Crippen MR) is 131 cm³/mol. The van der Waals surface area contributed by atoms with Crippen LogP contribution in [-0.4, -0.2) is 34.7 Å². The maximum Gasteiger partial charge on any atom is 0.737 e. The van der Waals surface area contributed by atoms with Crippen LogP contribution in [0, 0.1) is 17.4 Å². The van der Waals surface area contributed by atoms with Gasteiger partial charge in [0.2, 0.25) is 0 Å². The second-order valence-corrected chi connectivity index (χ2v) is 9.68. The Morgan fingerprint density at radius 2 is 1.70 bits per heavy atom. The van der Waals surface area contributed by atoms with Crippen LogP contribution in [0.1, 0.15) is 46.7 Å². The van der Waals surface area contributed by atoms with Gasteiger partial charge in [-0.3, -0.25) is 0 Å². The molecule has 2 aliphatic rings. The molecule has 0 unspecified atom stereocenters. The first-order valence-corrected chi connectivity index (χ1v) is 11.5. The Morgan fingerprint density at radius 3 is 2.27 bits per heavy atom. The molecule has 0 radical (unpaired) electrons. The number of aromatic nitrogens is 1. The largest absolute Gasteiger partial charge is 0.737 e. The Kier molecular flexibility index (Phi) is 5.28. The summed E-state index contributed by atoms with van der Waals surface area (Å²) in [6.07, 6.45) is 0. The number of hydrogen-bond acceptors (Lipinski definition) is 2. The summed E-state index contributed by atoms with van der Waals surface area (Å²) in [6.45, 7) is 3.23. The van der Waals surface area contributed by atoms with Crippen molar-refractivity contribution >= 4 is 69.4 Å². The van der Waals surface area contributed by atoms with E-state index < -0.39 is 12.9 Å². The average molecular weight is 634 g/mol. The third-order valence-corrected chi connectivity index (χ3v) is 9.08. The Balaban J connectivity index is 2.12. The van der Waals surface area contributed by atoms with Gasteiger partial charge in [-0.1, -0.05) is 12.1 Å². The molecule has 4 nitrogen and oxygen atoms in total. The molecular formula is C21H19BF2I2N2O2. The van der Waals surface area contributed by atoms with Gasteiger partial charge in [-0.05, 0) is 94.9 Å². The summed E-state index contributed by atoms with van der Waals surface area (Å²) in [7, 11) is 1.33. The number of benzene rings is 1. The van der Waals surface area contributed by atoms with Crippen molar-refractivity contribution in [2.45, 2.75) is 27.7 Å². The zero-order valence-electron chi connectivity index (χ0n) is 17.1. The lowest BCUT2D eigenvalue weighted by Gasteiger charge is -2.33. The monoisotopic (exact) mass is 634 g/mol. The first-order chi connectivity index (χ1) is 14.0. The number of esters is 1. The average Bonchev–Trinajstić information content (AvgIpc) is 3.09. The first-order valence-electron chi connectivity index (χ1n) is 9.36. The molecule has 3 heterocycles. The number of fused-ring (bicyclic) bond motifs is 2. The normalized spacial score (nSPS) is 17.5. The van der Waals surface area contributed by atoms with Crippen LogP contribution in [0.15, 0.2) is 39.1 Å². The van der Waals surface area contributed by atoms with Crippen LogP contribution in [0.3, 0.4) is 0 Å². The maximum atomic E-state index is 15.9. The summed E-state index contributed by atoms with van der Waals surface area (Å²) < 4.78 is 40.7. The highest BCUT2D eigenvalue weighted by Gasteiger charge is 2.56. The molecule has 0 fully saturated rings. The number of halogens is 4. The molecule has 0 amide bonds. The lowest BCUT2D eigenvalue weighted by molar-refractivity contribution is -0.363. The molecule has 30 heavy (non-hydrogen) atoms. The van der Waals surface area contributed by atoms with E-state index in [9.17, 15) is 4.79 Å². The molecule has 0 saturated heterocycles. The Morgan fingerprint density at radius 1 is 1.10 bits per heavy atom. The van der Waals surface area contributed by atoms with E-state index in [0.29, 0.717) is 28.4 Å². The predicted octanol–water partition coefficient (Wildman–Crippen LogP) is 5.69. The third-order valence-electron chi connectivity index (χ3n) is 5.90. The molecule has 0 atom stereocenters. The van der Waals surface area contributed by atoms with Gasteiger partial charge in [-0.15, -0.1) is 0 Å². The van der Waals surface area contributed by atoms with E-state index in [2.05, 4.69) is 45.2 Å². The minimum atomic E-state index is -4.03. The molecule has 2 aromatic rings. The van der Waals surface area contributed by atoms with Crippen LogP contribution in [0.5, 0.6) is 0 Å². The van der Waals surface area contributed by atoms with Crippen molar-refractivity contribution < 1.29 is 22.6 Å². The van der Waals surface area contributed by atoms with Gasteiger partial charge in [-0.2, -0.15) is 0 Å². The van der Waals surface area contributed by atoms with Crippen LogP contribution in [0.25, 0.3) is 5.57 Å². The number of rotatable bonds is 2. The number of carbonyl (C=O) groups is 1. The number of hydrogen-bond donors (Lipinski definition) is 0.